The van der Waals surface area contributed by atoms with Crippen molar-refractivity contribution in [3.63, 3.8) is 0 Å². The van der Waals surface area contributed by atoms with E-state index in [1.165, 1.54) is 36.0 Å². The van der Waals surface area contributed by atoms with Crippen molar-refractivity contribution >= 4 is 11.8 Å². The monoisotopic (exact) mass is 455 g/mol. The molecule has 0 aliphatic carbocycles. The molecule has 3 heterocycles. The third-order valence-corrected chi connectivity index (χ3v) is 6.08. The minimum absolute atomic E-state index is 0.0815. The topological polar surface area (TPSA) is 78.9 Å². The van der Waals surface area contributed by atoms with Gasteiger partial charge in [-0.25, -0.2) is 8.78 Å². The summed E-state index contributed by atoms with van der Waals surface area (Å²) in [6.07, 6.45) is 2.07. The molecule has 164 valence electrons. The lowest BCUT2D eigenvalue weighted by Crippen LogP contribution is -2.16. The Balaban J connectivity index is 1.36. The van der Waals surface area contributed by atoms with Crippen LogP contribution in [0.25, 0.3) is 22.8 Å². The van der Waals surface area contributed by atoms with E-state index in [0.717, 1.165) is 25.0 Å². The molecule has 0 amide bonds. The van der Waals surface area contributed by atoms with Gasteiger partial charge < -0.3 is 9.26 Å². The zero-order chi connectivity index (χ0) is 21.9. The van der Waals surface area contributed by atoms with Gasteiger partial charge in [0, 0.05) is 17.7 Å². The summed E-state index contributed by atoms with van der Waals surface area (Å²) in [5, 5.41) is 13.3. The molecular formula is C22H19F2N5O2S. The SMILES string of the molecule is Fc1ccc(-c2noc(CSc3nnc(-c4ccc(F)cc4)n3CC3CCCO3)n2)cc1. The average Bonchev–Trinajstić information content (AvgIpc) is 3.56. The molecule has 1 unspecified atom stereocenters. The lowest BCUT2D eigenvalue weighted by Gasteiger charge is -2.14. The highest BCUT2D eigenvalue weighted by Gasteiger charge is 2.22. The van der Waals surface area contributed by atoms with E-state index in [2.05, 4.69) is 20.3 Å². The van der Waals surface area contributed by atoms with Gasteiger partial charge in [0.15, 0.2) is 11.0 Å². The van der Waals surface area contributed by atoms with Gasteiger partial charge in [-0.15, -0.1) is 10.2 Å². The quantitative estimate of drug-likeness (QED) is 0.372. The lowest BCUT2D eigenvalue weighted by atomic mass is 10.2. The number of hydrogen-bond donors (Lipinski definition) is 0. The standard InChI is InChI=1S/C22H19F2N5O2S/c23-16-7-3-14(4-8-16)20-25-19(31-28-20)13-32-22-27-26-21(15-5-9-17(24)10-6-15)29(22)12-18-2-1-11-30-18/h3-10,18H,1-2,11-13H2. The summed E-state index contributed by atoms with van der Waals surface area (Å²) in [5.41, 5.74) is 1.45. The fourth-order valence-electron chi connectivity index (χ4n) is 3.52. The molecule has 1 aliphatic rings. The normalized spacial score (nSPS) is 16.0. The van der Waals surface area contributed by atoms with E-state index < -0.39 is 0 Å². The molecule has 0 bridgehead atoms. The summed E-state index contributed by atoms with van der Waals surface area (Å²) in [6.45, 7) is 1.35. The van der Waals surface area contributed by atoms with Gasteiger partial charge in [0.1, 0.15) is 11.6 Å². The summed E-state index contributed by atoms with van der Waals surface area (Å²) in [5.74, 6) is 1.23. The van der Waals surface area contributed by atoms with E-state index in [0.29, 0.717) is 40.6 Å². The highest BCUT2D eigenvalue weighted by Crippen LogP contribution is 2.29. The Morgan fingerprint density at radius 1 is 0.969 bits per heavy atom. The van der Waals surface area contributed by atoms with Gasteiger partial charge in [0.2, 0.25) is 11.7 Å². The van der Waals surface area contributed by atoms with E-state index in [1.54, 1.807) is 24.3 Å². The zero-order valence-electron chi connectivity index (χ0n) is 16.9. The van der Waals surface area contributed by atoms with Crippen LogP contribution >= 0.6 is 11.8 Å². The first-order chi connectivity index (χ1) is 15.7. The molecule has 32 heavy (non-hydrogen) atoms. The first kappa shape index (κ1) is 20.8. The van der Waals surface area contributed by atoms with Gasteiger partial charge >= 0.3 is 0 Å². The fourth-order valence-corrected chi connectivity index (χ4v) is 4.31. The van der Waals surface area contributed by atoms with E-state index >= 15 is 0 Å². The maximum Gasteiger partial charge on any atom is 0.237 e. The van der Waals surface area contributed by atoms with Crippen LogP contribution in [0.1, 0.15) is 18.7 Å². The molecule has 0 radical (unpaired) electrons. The molecule has 1 aliphatic heterocycles. The van der Waals surface area contributed by atoms with E-state index in [9.17, 15) is 8.78 Å². The Labute approximate surface area is 186 Å². The predicted molar refractivity (Wildman–Crippen MR) is 114 cm³/mol. The Kier molecular flexibility index (Phi) is 5.95. The van der Waals surface area contributed by atoms with Crippen molar-refractivity contribution in [3.05, 3.63) is 66.1 Å². The van der Waals surface area contributed by atoms with Crippen molar-refractivity contribution in [2.24, 2.45) is 0 Å². The molecule has 10 heteroatoms. The second-order valence-corrected chi connectivity index (χ2v) is 8.31. The Bertz CT molecular complexity index is 1190. The van der Waals surface area contributed by atoms with Gasteiger partial charge in [-0.3, -0.25) is 4.57 Å². The first-order valence-electron chi connectivity index (χ1n) is 10.2. The molecule has 0 N–H and O–H groups in total. The highest BCUT2D eigenvalue weighted by molar-refractivity contribution is 7.98. The fraction of sp³-hybridized carbons (Fsp3) is 0.273. The lowest BCUT2D eigenvalue weighted by molar-refractivity contribution is 0.0953. The zero-order valence-corrected chi connectivity index (χ0v) is 17.8. The number of halogens is 2. The molecule has 2 aromatic heterocycles. The van der Waals surface area contributed by atoms with Crippen LogP contribution in [-0.4, -0.2) is 37.6 Å². The molecule has 0 saturated carbocycles. The van der Waals surface area contributed by atoms with E-state index in [4.69, 9.17) is 9.26 Å². The van der Waals surface area contributed by atoms with Crippen molar-refractivity contribution in [2.45, 2.75) is 36.4 Å². The average molecular weight is 455 g/mol. The van der Waals surface area contributed by atoms with E-state index in [-0.39, 0.29) is 17.7 Å². The van der Waals surface area contributed by atoms with Crippen LogP contribution in [0.5, 0.6) is 0 Å². The number of benzene rings is 2. The van der Waals surface area contributed by atoms with Gasteiger partial charge in [-0.2, -0.15) is 4.98 Å². The molecule has 1 saturated heterocycles. The minimum atomic E-state index is -0.324. The van der Waals surface area contributed by atoms with Crippen molar-refractivity contribution in [1.82, 2.24) is 24.9 Å². The Hall–Kier alpha value is -3.11. The number of nitrogens with zero attached hydrogens (tertiary/aromatic N) is 5. The van der Waals surface area contributed by atoms with Crippen LogP contribution in [-0.2, 0) is 17.0 Å². The number of thioether (sulfide) groups is 1. The Morgan fingerprint density at radius 3 is 2.38 bits per heavy atom. The van der Waals surface area contributed by atoms with E-state index in [1.807, 2.05) is 4.57 Å². The number of hydrogen-bond acceptors (Lipinski definition) is 7. The minimum Gasteiger partial charge on any atom is -0.376 e. The number of ether oxygens (including phenoxy) is 1. The van der Waals surface area contributed by atoms with Crippen molar-refractivity contribution < 1.29 is 18.0 Å². The van der Waals surface area contributed by atoms with Gasteiger partial charge in [-0.1, -0.05) is 16.9 Å². The predicted octanol–water partition coefficient (Wildman–Crippen LogP) is 4.74. The first-order valence-corrected chi connectivity index (χ1v) is 11.2. The van der Waals surface area contributed by atoms with Crippen LogP contribution in [0.2, 0.25) is 0 Å². The molecule has 1 fully saturated rings. The third-order valence-electron chi connectivity index (χ3n) is 5.12. The molecule has 1 atom stereocenters. The second kappa shape index (κ2) is 9.17. The summed E-state index contributed by atoms with van der Waals surface area (Å²) in [6, 6.07) is 12.1. The van der Waals surface area contributed by atoms with Crippen molar-refractivity contribution in [3.8, 4) is 22.8 Å². The molecule has 7 nitrogen and oxygen atoms in total. The Morgan fingerprint density at radius 2 is 1.69 bits per heavy atom. The maximum atomic E-state index is 13.4. The molecule has 0 spiro atoms. The van der Waals surface area contributed by atoms with Gasteiger partial charge in [0.05, 0.1) is 18.4 Å². The summed E-state index contributed by atoms with van der Waals surface area (Å²) in [4.78, 5) is 4.39. The second-order valence-electron chi connectivity index (χ2n) is 7.37. The maximum absolute atomic E-state index is 13.4. The van der Waals surface area contributed by atoms with Crippen LogP contribution in [0.15, 0.2) is 58.2 Å². The van der Waals surface area contributed by atoms with Crippen LogP contribution in [0, 0.1) is 11.6 Å². The number of rotatable bonds is 7. The summed E-state index contributed by atoms with van der Waals surface area (Å²) < 4.78 is 39.7. The molecule has 4 aromatic rings. The van der Waals surface area contributed by atoms with Crippen LogP contribution < -0.4 is 0 Å². The van der Waals surface area contributed by atoms with Gasteiger partial charge in [-0.05, 0) is 61.4 Å². The summed E-state index contributed by atoms with van der Waals surface area (Å²) >= 11 is 1.42. The van der Waals surface area contributed by atoms with Crippen LogP contribution in [0.3, 0.4) is 0 Å². The van der Waals surface area contributed by atoms with Crippen molar-refractivity contribution in [2.75, 3.05) is 6.61 Å². The largest absolute Gasteiger partial charge is 0.376 e. The van der Waals surface area contributed by atoms with Gasteiger partial charge in [0.25, 0.3) is 0 Å². The molecule has 5 rings (SSSR count). The molecule has 2 aromatic carbocycles. The number of aromatic nitrogens is 5. The smallest absolute Gasteiger partial charge is 0.237 e. The highest BCUT2D eigenvalue weighted by atomic mass is 32.2. The summed E-state index contributed by atoms with van der Waals surface area (Å²) in [7, 11) is 0. The third kappa shape index (κ3) is 4.56. The molecular weight excluding hydrogens is 436 g/mol. The van der Waals surface area contributed by atoms with Crippen molar-refractivity contribution in [1.29, 1.82) is 0 Å². The van der Waals surface area contributed by atoms with Crippen LogP contribution in [0.4, 0.5) is 8.78 Å².